The number of halogens is 1. The van der Waals surface area contributed by atoms with Crippen molar-refractivity contribution in [2.75, 3.05) is 0 Å². The van der Waals surface area contributed by atoms with E-state index in [4.69, 9.17) is 10.00 Å². The molecule has 0 aliphatic rings. The van der Waals surface area contributed by atoms with Gasteiger partial charge in [-0.3, -0.25) is 4.98 Å². The quantitative estimate of drug-likeness (QED) is 0.261. The fourth-order valence-corrected chi connectivity index (χ4v) is 4.81. The van der Waals surface area contributed by atoms with E-state index in [1.165, 1.54) is 23.5 Å². The number of hydrogen-bond donors (Lipinski definition) is 0. The molecule has 4 aromatic carbocycles. The van der Waals surface area contributed by atoms with Gasteiger partial charge in [0, 0.05) is 11.8 Å². The van der Waals surface area contributed by atoms with Crippen LogP contribution in [-0.4, -0.2) is 4.98 Å². The minimum atomic E-state index is -0.570. The van der Waals surface area contributed by atoms with Crippen LogP contribution in [0.25, 0.3) is 21.9 Å². The van der Waals surface area contributed by atoms with Crippen molar-refractivity contribution in [3.63, 3.8) is 0 Å². The summed E-state index contributed by atoms with van der Waals surface area (Å²) < 4.78 is 20.4. The molecule has 0 radical (unpaired) electrons. The predicted molar refractivity (Wildman–Crippen MR) is 134 cm³/mol. The maximum absolute atomic E-state index is 14.1. The molecule has 1 unspecified atom stereocenters. The lowest BCUT2D eigenvalue weighted by Gasteiger charge is -2.19. The van der Waals surface area contributed by atoms with Gasteiger partial charge >= 0.3 is 0 Å². The van der Waals surface area contributed by atoms with Gasteiger partial charge in [0.2, 0.25) is 0 Å². The summed E-state index contributed by atoms with van der Waals surface area (Å²) >= 11 is 1.47. The van der Waals surface area contributed by atoms with Crippen LogP contribution in [0.4, 0.5) is 4.39 Å². The summed E-state index contributed by atoms with van der Waals surface area (Å²) in [6.45, 7) is 0.148. The van der Waals surface area contributed by atoms with Gasteiger partial charge < -0.3 is 4.74 Å². The van der Waals surface area contributed by atoms with Gasteiger partial charge in [0.1, 0.15) is 18.0 Å². The molecule has 5 aromatic rings. The van der Waals surface area contributed by atoms with Gasteiger partial charge in [-0.15, -0.1) is 11.3 Å². The van der Waals surface area contributed by atoms with Gasteiger partial charge in [0.15, 0.2) is 0 Å². The molecule has 6 heteroatoms. The molecule has 0 amide bonds. The Kier molecular flexibility index (Phi) is 6.32. The van der Waals surface area contributed by atoms with Crippen LogP contribution in [0.15, 0.2) is 90.6 Å². The fourth-order valence-electron chi connectivity index (χ4n) is 4.12. The van der Waals surface area contributed by atoms with E-state index in [0.717, 1.165) is 32.3 Å². The summed E-state index contributed by atoms with van der Waals surface area (Å²) in [7, 11) is 0. The van der Waals surface area contributed by atoms with Gasteiger partial charge in [0.05, 0.1) is 34.2 Å². The van der Waals surface area contributed by atoms with Gasteiger partial charge in [-0.1, -0.05) is 54.6 Å². The Morgan fingerprint density at radius 2 is 1.69 bits per heavy atom. The van der Waals surface area contributed by atoms with Crippen molar-refractivity contribution in [2.24, 2.45) is 0 Å². The van der Waals surface area contributed by atoms with E-state index in [1.807, 2.05) is 48.5 Å². The molecule has 1 heterocycles. The van der Waals surface area contributed by atoms with Crippen LogP contribution in [0.1, 0.15) is 33.2 Å². The van der Waals surface area contributed by atoms with Crippen molar-refractivity contribution in [3.8, 4) is 23.3 Å². The number of thiazole rings is 1. The fraction of sp³-hybridized carbons (Fsp3) is 0.0690. The molecule has 0 spiro atoms. The highest BCUT2D eigenvalue weighted by Gasteiger charge is 2.20. The zero-order valence-corrected chi connectivity index (χ0v) is 19.3. The minimum absolute atomic E-state index is 0.000390. The smallest absolute Gasteiger partial charge is 0.141 e. The van der Waals surface area contributed by atoms with Crippen LogP contribution in [0.5, 0.6) is 0 Å². The molecule has 0 saturated carbocycles. The Labute approximate surface area is 206 Å². The zero-order valence-electron chi connectivity index (χ0n) is 18.5. The highest BCUT2D eigenvalue weighted by molar-refractivity contribution is 7.09. The van der Waals surface area contributed by atoms with Gasteiger partial charge in [-0.25, -0.2) is 4.39 Å². The number of ether oxygens (including phenoxy) is 1. The first-order valence-corrected chi connectivity index (χ1v) is 11.8. The third-order valence-corrected chi connectivity index (χ3v) is 6.65. The van der Waals surface area contributed by atoms with E-state index in [9.17, 15) is 9.65 Å². The van der Waals surface area contributed by atoms with E-state index in [2.05, 4.69) is 29.3 Å². The Morgan fingerprint density at radius 1 is 0.886 bits per heavy atom. The third-order valence-electron chi connectivity index (χ3n) is 5.83. The van der Waals surface area contributed by atoms with Crippen LogP contribution in [0.3, 0.4) is 0 Å². The van der Waals surface area contributed by atoms with Crippen LogP contribution >= 0.6 is 11.3 Å². The largest absolute Gasteiger partial charge is 0.363 e. The molecule has 1 atom stereocenters. The number of nitrogens with zero attached hydrogens (tertiary/aromatic N) is 3. The summed E-state index contributed by atoms with van der Waals surface area (Å²) in [5.74, 6) is -0.570. The first-order valence-electron chi connectivity index (χ1n) is 10.9. The van der Waals surface area contributed by atoms with Crippen LogP contribution < -0.4 is 0 Å². The van der Waals surface area contributed by atoms with E-state index in [0.29, 0.717) is 11.1 Å². The number of rotatable bonds is 6. The number of benzene rings is 4. The van der Waals surface area contributed by atoms with Crippen molar-refractivity contribution in [3.05, 3.63) is 124 Å². The molecule has 0 N–H and O–H groups in total. The second-order valence-corrected chi connectivity index (χ2v) is 8.88. The topological polar surface area (TPSA) is 69.7 Å². The summed E-state index contributed by atoms with van der Waals surface area (Å²) in [6, 6.07) is 28.4. The molecule has 0 saturated heterocycles. The Balaban J connectivity index is 1.56. The second kappa shape index (κ2) is 9.87. The molecule has 35 heavy (non-hydrogen) atoms. The van der Waals surface area contributed by atoms with E-state index in [-0.39, 0.29) is 12.2 Å². The lowest BCUT2D eigenvalue weighted by molar-refractivity contribution is 0.0687. The summed E-state index contributed by atoms with van der Waals surface area (Å²) in [5, 5.41) is 21.0. The van der Waals surface area contributed by atoms with E-state index >= 15 is 0 Å². The Morgan fingerprint density at radius 3 is 2.46 bits per heavy atom. The van der Waals surface area contributed by atoms with Crippen molar-refractivity contribution in [2.45, 2.75) is 12.7 Å². The number of aromatic nitrogens is 1. The van der Waals surface area contributed by atoms with Crippen LogP contribution in [0.2, 0.25) is 0 Å². The average Bonchev–Trinajstić information content (AvgIpc) is 3.43. The second-order valence-electron chi connectivity index (χ2n) is 7.96. The van der Waals surface area contributed by atoms with Crippen molar-refractivity contribution < 1.29 is 9.13 Å². The first-order chi connectivity index (χ1) is 17.2. The SMILES string of the molecule is N#Cc1ccc(COC(c2ccc(C#N)c(-c3cccc4ccccc34)c2)c2cncs2)cc1F. The zero-order chi connectivity index (χ0) is 24.2. The molecule has 0 aliphatic heterocycles. The molecule has 0 fully saturated rings. The molecule has 5 rings (SSSR count). The molecular formula is C29H18FN3OS. The van der Waals surface area contributed by atoms with Gasteiger partial charge in [0.25, 0.3) is 0 Å². The minimum Gasteiger partial charge on any atom is -0.363 e. The average molecular weight is 476 g/mol. The first kappa shape index (κ1) is 22.4. The third kappa shape index (κ3) is 4.54. The molecular weight excluding hydrogens is 457 g/mol. The van der Waals surface area contributed by atoms with Crippen LogP contribution in [-0.2, 0) is 11.3 Å². The highest BCUT2D eigenvalue weighted by atomic mass is 32.1. The van der Waals surface area contributed by atoms with Crippen molar-refractivity contribution >= 4 is 22.1 Å². The van der Waals surface area contributed by atoms with E-state index < -0.39 is 11.9 Å². The van der Waals surface area contributed by atoms with Crippen molar-refractivity contribution in [1.29, 1.82) is 10.5 Å². The predicted octanol–water partition coefficient (Wildman–Crippen LogP) is 7.15. The Bertz CT molecular complexity index is 1590. The monoisotopic (exact) mass is 475 g/mol. The maximum atomic E-state index is 14.1. The summed E-state index contributed by atoms with van der Waals surface area (Å²) in [6.07, 6.45) is 1.30. The molecule has 1 aromatic heterocycles. The van der Waals surface area contributed by atoms with Crippen molar-refractivity contribution in [1.82, 2.24) is 4.98 Å². The molecule has 168 valence electrons. The lowest BCUT2D eigenvalue weighted by atomic mass is 9.92. The Hall–Kier alpha value is -4.36. The normalized spacial score (nSPS) is 11.6. The summed E-state index contributed by atoms with van der Waals surface area (Å²) in [5.41, 5.74) is 5.59. The molecule has 0 aliphatic carbocycles. The molecule has 4 nitrogen and oxygen atoms in total. The van der Waals surface area contributed by atoms with Crippen LogP contribution in [0, 0.1) is 28.5 Å². The van der Waals surface area contributed by atoms with Gasteiger partial charge in [-0.05, 0) is 51.7 Å². The standard InChI is InChI=1S/C29H18FN3OS/c30-27-12-19(8-9-23(27)15-32)17-34-29(28-16-33-18-35-28)21-10-11-22(14-31)26(13-21)25-7-3-5-20-4-1-2-6-24(20)25/h1-13,16,18,29H,17H2. The number of nitriles is 2. The number of fused-ring (bicyclic) bond motifs is 1. The lowest BCUT2D eigenvalue weighted by Crippen LogP contribution is -2.06. The summed E-state index contributed by atoms with van der Waals surface area (Å²) in [4.78, 5) is 5.10. The van der Waals surface area contributed by atoms with Gasteiger partial charge in [-0.2, -0.15) is 10.5 Å². The maximum Gasteiger partial charge on any atom is 0.141 e. The molecule has 0 bridgehead atoms. The highest BCUT2D eigenvalue weighted by Crippen LogP contribution is 2.36. The number of hydrogen-bond acceptors (Lipinski definition) is 5. The van der Waals surface area contributed by atoms with E-state index in [1.54, 1.807) is 17.8 Å².